The molecular formula is C26H25BrN4O5. The number of anilines is 2. The van der Waals surface area contributed by atoms with Gasteiger partial charge < -0.3 is 20.1 Å². The Balaban J connectivity index is 1.58. The van der Waals surface area contributed by atoms with E-state index in [1.807, 2.05) is 32.0 Å². The zero-order valence-corrected chi connectivity index (χ0v) is 21.5. The van der Waals surface area contributed by atoms with E-state index in [0.717, 1.165) is 15.6 Å². The molecule has 0 radical (unpaired) electrons. The van der Waals surface area contributed by atoms with Gasteiger partial charge in [-0.1, -0.05) is 34.1 Å². The first kappa shape index (κ1) is 26.4. The molecule has 0 aliphatic carbocycles. The third kappa shape index (κ3) is 7.41. The highest BCUT2D eigenvalue weighted by molar-refractivity contribution is 9.10. The molecule has 9 nitrogen and oxygen atoms in total. The van der Waals surface area contributed by atoms with E-state index in [1.165, 1.54) is 6.21 Å². The lowest BCUT2D eigenvalue weighted by molar-refractivity contribution is -0.136. The summed E-state index contributed by atoms with van der Waals surface area (Å²) in [5, 5.41) is 9.19. The second-order valence-electron chi connectivity index (χ2n) is 7.67. The molecule has 3 aromatic rings. The summed E-state index contributed by atoms with van der Waals surface area (Å²) in [4.78, 5) is 36.7. The summed E-state index contributed by atoms with van der Waals surface area (Å²) in [5.74, 6) is -1.09. The second-order valence-corrected chi connectivity index (χ2v) is 8.58. The maximum Gasteiger partial charge on any atom is 0.329 e. The number of methoxy groups -OCH3 is 1. The maximum atomic E-state index is 12.3. The van der Waals surface area contributed by atoms with E-state index in [1.54, 1.807) is 49.6 Å². The number of halogens is 1. The third-order valence-corrected chi connectivity index (χ3v) is 5.49. The zero-order chi connectivity index (χ0) is 26.1. The number of rotatable bonds is 8. The lowest BCUT2D eigenvalue weighted by atomic mass is 10.1. The van der Waals surface area contributed by atoms with E-state index in [2.05, 4.69) is 37.1 Å². The van der Waals surface area contributed by atoms with Crippen LogP contribution in [0.4, 0.5) is 11.4 Å². The van der Waals surface area contributed by atoms with Crippen LogP contribution in [0.2, 0.25) is 0 Å². The van der Waals surface area contributed by atoms with Crippen LogP contribution >= 0.6 is 15.9 Å². The van der Waals surface area contributed by atoms with E-state index in [0.29, 0.717) is 28.4 Å². The smallest absolute Gasteiger partial charge is 0.329 e. The summed E-state index contributed by atoms with van der Waals surface area (Å²) in [6.45, 7) is 3.43. The molecule has 0 aromatic heterocycles. The lowest BCUT2D eigenvalue weighted by Gasteiger charge is -2.11. The van der Waals surface area contributed by atoms with Crippen LogP contribution in [0.5, 0.6) is 11.5 Å². The summed E-state index contributed by atoms with van der Waals surface area (Å²) in [7, 11) is 1.56. The van der Waals surface area contributed by atoms with E-state index in [9.17, 15) is 14.4 Å². The lowest BCUT2D eigenvalue weighted by Crippen LogP contribution is -2.32. The summed E-state index contributed by atoms with van der Waals surface area (Å²) < 4.78 is 11.5. The molecule has 3 amide bonds. The highest BCUT2D eigenvalue weighted by atomic mass is 79.9. The number of hydrogen-bond acceptors (Lipinski definition) is 6. The first-order valence-electron chi connectivity index (χ1n) is 10.8. The van der Waals surface area contributed by atoms with E-state index in [-0.39, 0.29) is 12.5 Å². The monoisotopic (exact) mass is 552 g/mol. The van der Waals surface area contributed by atoms with E-state index in [4.69, 9.17) is 9.47 Å². The Kier molecular flexibility index (Phi) is 9.18. The van der Waals surface area contributed by atoms with E-state index >= 15 is 0 Å². The van der Waals surface area contributed by atoms with Crippen molar-refractivity contribution >= 4 is 51.2 Å². The molecule has 0 spiro atoms. The van der Waals surface area contributed by atoms with Crippen LogP contribution in [0.3, 0.4) is 0 Å². The molecule has 0 saturated heterocycles. The van der Waals surface area contributed by atoms with Crippen molar-refractivity contribution in [3.8, 4) is 11.5 Å². The molecule has 0 atom stereocenters. The van der Waals surface area contributed by atoms with Crippen molar-refractivity contribution in [3.63, 3.8) is 0 Å². The van der Waals surface area contributed by atoms with Gasteiger partial charge in [-0.15, -0.1) is 0 Å². The maximum absolute atomic E-state index is 12.3. The molecule has 0 aliphatic rings. The second kappa shape index (κ2) is 12.5. The molecule has 186 valence electrons. The fourth-order valence-electron chi connectivity index (χ4n) is 3.16. The Labute approximate surface area is 217 Å². The van der Waals surface area contributed by atoms with Crippen molar-refractivity contribution in [2.75, 3.05) is 24.4 Å². The number of para-hydroxylation sites is 1. The molecular weight excluding hydrogens is 528 g/mol. The van der Waals surface area contributed by atoms with Gasteiger partial charge in [-0.05, 0) is 67.4 Å². The highest BCUT2D eigenvalue weighted by Crippen LogP contribution is 2.22. The fourth-order valence-corrected chi connectivity index (χ4v) is 3.54. The molecule has 0 bridgehead atoms. The molecule has 0 fully saturated rings. The van der Waals surface area contributed by atoms with Crippen LogP contribution in [0.25, 0.3) is 0 Å². The van der Waals surface area contributed by atoms with Crippen LogP contribution in [0.1, 0.15) is 16.7 Å². The number of amides is 3. The van der Waals surface area contributed by atoms with Gasteiger partial charge in [0.1, 0.15) is 11.5 Å². The molecule has 3 N–H and O–H groups in total. The number of hydrogen-bond donors (Lipinski definition) is 3. The summed E-state index contributed by atoms with van der Waals surface area (Å²) >= 11 is 3.37. The molecule has 0 aliphatic heterocycles. The largest absolute Gasteiger partial charge is 0.497 e. The standard InChI is InChI=1S/C26H25BrN4O5/c1-16-5-4-6-17(2)24(16)30-25(33)26(34)31-28-14-18-13-19(27)7-12-22(18)36-15-23(32)29-20-8-10-21(35-3)11-9-20/h4-14H,15H2,1-3H3,(H,29,32)(H,30,33)(H,31,34)/b28-14-. The number of nitrogens with one attached hydrogen (secondary N) is 3. The van der Waals surface area contributed by atoms with Crippen molar-refractivity contribution in [1.29, 1.82) is 0 Å². The minimum atomic E-state index is -0.926. The Hall–Kier alpha value is -4.18. The average molecular weight is 553 g/mol. The van der Waals surface area contributed by atoms with Crippen LogP contribution in [-0.2, 0) is 14.4 Å². The minimum absolute atomic E-state index is 0.251. The van der Waals surface area contributed by atoms with Gasteiger partial charge >= 0.3 is 11.8 Å². The van der Waals surface area contributed by atoms with Crippen LogP contribution < -0.4 is 25.5 Å². The Morgan fingerprint density at radius 1 is 0.944 bits per heavy atom. The van der Waals surface area contributed by atoms with Gasteiger partial charge in [0, 0.05) is 21.4 Å². The molecule has 3 aromatic carbocycles. The number of nitrogens with zero attached hydrogens (tertiary/aromatic N) is 1. The first-order valence-corrected chi connectivity index (χ1v) is 11.6. The van der Waals surface area contributed by atoms with Gasteiger partial charge in [0.05, 0.1) is 13.3 Å². The minimum Gasteiger partial charge on any atom is -0.497 e. The fraction of sp³-hybridized carbons (Fsp3) is 0.154. The number of hydrazone groups is 1. The Morgan fingerprint density at radius 2 is 1.64 bits per heavy atom. The number of aryl methyl sites for hydroxylation is 2. The van der Waals surface area contributed by atoms with Crippen molar-refractivity contribution in [1.82, 2.24) is 5.43 Å². The van der Waals surface area contributed by atoms with Gasteiger partial charge in [0.15, 0.2) is 6.61 Å². The number of carbonyl (C=O) groups is 3. The Bertz CT molecular complexity index is 1270. The molecule has 3 rings (SSSR count). The van der Waals surface area contributed by atoms with Gasteiger partial charge in [-0.25, -0.2) is 5.43 Å². The summed E-state index contributed by atoms with van der Waals surface area (Å²) in [6.07, 6.45) is 1.33. The average Bonchev–Trinajstić information content (AvgIpc) is 2.86. The van der Waals surface area contributed by atoms with Gasteiger partial charge in [-0.2, -0.15) is 5.10 Å². The van der Waals surface area contributed by atoms with Crippen molar-refractivity contribution in [2.45, 2.75) is 13.8 Å². The molecule has 0 unspecified atom stereocenters. The number of ether oxygens (including phenoxy) is 2. The number of benzene rings is 3. The van der Waals surface area contributed by atoms with Crippen molar-refractivity contribution in [2.24, 2.45) is 5.10 Å². The topological polar surface area (TPSA) is 118 Å². The summed E-state index contributed by atoms with van der Waals surface area (Å²) in [5.41, 5.74) is 5.55. The normalized spacial score (nSPS) is 10.6. The van der Waals surface area contributed by atoms with Crippen molar-refractivity contribution < 1.29 is 23.9 Å². The van der Waals surface area contributed by atoms with Gasteiger partial charge in [0.25, 0.3) is 5.91 Å². The number of carbonyl (C=O) groups excluding carboxylic acids is 3. The summed E-state index contributed by atoms with van der Waals surface area (Å²) in [6, 6.07) is 17.5. The molecule has 0 saturated carbocycles. The first-order chi connectivity index (χ1) is 17.3. The zero-order valence-electron chi connectivity index (χ0n) is 19.9. The SMILES string of the molecule is COc1ccc(NC(=O)COc2ccc(Br)cc2/C=N\NC(=O)C(=O)Nc2c(C)cccc2C)cc1. The quantitative estimate of drug-likeness (QED) is 0.220. The molecule has 10 heteroatoms. The predicted molar refractivity (Wildman–Crippen MR) is 142 cm³/mol. The molecule has 0 heterocycles. The third-order valence-electron chi connectivity index (χ3n) is 5.00. The van der Waals surface area contributed by atoms with Gasteiger partial charge in [0.2, 0.25) is 0 Å². The Morgan fingerprint density at radius 3 is 2.31 bits per heavy atom. The van der Waals surface area contributed by atoms with E-state index < -0.39 is 11.8 Å². The van der Waals surface area contributed by atoms with Crippen LogP contribution in [0, 0.1) is 13.8 Å². The van der Waals surface area contributed by atoms with Crippen molar-refractivity contribution in [3.05, 3.63) is 81.8 Å². The van der Waals surface area contributed by atoms with Gasteiger partial charge in [-0.3, -0.25) is 14.4 Å². The molecule has 36 heavy (non-hydrogen) atoms. The highest BCUT2D eigenvalue weighted by Gasteiger charge is 2.15. The van der Waals surface area contributed by atoms with Crippen LogP contribution in [-0.4, -0.2) is 37.7 Å². The predicted octanol–water partition coefficient (Wildman–Crippen LogP) is 4.18. The van der Waals surface area contributed by atoms with Crippen LogP contribution in [0.15, 0.2) is 70.2 Å².